The summed E-state index contributed by atoms with van der Waals surface area (Å²) in [6.45, 7) is 0. The molecule has 8 heteroatoms. The number of H-pyrrole nitrogens is 2. The fraction of sp³-hybridized carbons (Fsp3) is 0.200. The second-order valence-electron chi connectivity index (χ2n) is 2.05. The summed E-state index contributed by atoms with van der Waals surface area (Å²) in [5.41, 5.74) is -2.37. The molecular formula is C5H5N3O4S. The van der Waals surface area contributed by atoms with E-state index in [1.165, 1.54) is 6.26 Å². The van der Waals surface area contributed by atoms with Crippen molar-refractivity contribution in [3.63, 3.8) is 0 Å². The number of hydrogen-bond acceptors (Lipinski definition) is 5. The molecule has 0 fully saturated rings. The van der Waals surface area contributed by atoms with Crippen LogP contribution >= 0.6 is 11.8 Å². The number of aromatic nitrogens is 2. The van der Waals surface area contributed by atoms with Gasteiger partial charge in [0.25, 0.3) is 0 Å². The summed E-state index contributed by atoms with van der Waals surface area (Å²) in [6, 6.07) is 0. The van der Waals surface area contributed by atoms with Gasteiger partial charge in [0.05, 0.1) is 4.92 Å². The van der Waals surface area contributed by atoms with E-state index >= 15 is 0 Å². The molecular weight excluding hydrogens is 198 g/mol. The topological polar surface area (TPSA) is 109 Å². The van der Waals surface area contributed by atoms with Gasteiger partial charge in [0.15, 0.2) is 5.03 Å². The summed E-state index contributed by atoms with van der Waals surface area (Å²) in [7, 11) is 0. The zero-order chi connectivity index (χ0) is 10.0. The Morgan fingerprint density at radius 3 is 2.46 bits per heavy atom. The van der Waals surface area contributed by atoms with Crippen molar-refractivity contribution < 1.29 is 4.92 Å². The molecule has 1 aromatic rings. The molecule has 7 nitrogen and oxygen atoms in total. The lowest BCUT2D eigenvalue weighted by molar-refractivity contribution is -0.389. The molecule has 0 bridgehead atoms. The minimum atomic E-state index is -0.988. The predicted molar refractivity (Wildman–Crippen MR) is 46.1 cm³/mol. The Kier molecular flexibility index (Phi) is 2.52. The second-order valence-corrected chi connectivity index (χ2v) is 2.86. The van der Waals surface area contributed by atoms with Crippen LogP contribution < -0.4 is 11.2 Å². The SMILES string of the molecule is CSc1[nH]c(=O)[nH]c(=O)c1[N+](=O)[O-]. The monoisotopic (exact) mass is 203 g/mol. The van der Waals surface area contributed by atoms with E-state index < -0.39 is 21.9 Å². The Balaban J connectivity index is 3.57. The molecule has 70 valence electrons. The number of nitrogens with one attached hydrogen (secondary N) is 2. The zero-order valence-electron chi connectivity index (χ0n) is 6.49. The Morgan fingerprint density at radius 2 is 2.00 bits per heavy atom. The van der Waals surface area contributed by atoms with Crippen LogP contribution in [0.15, 0.2) is 14.6 Å². The standard InChI is InChI=1S/C5H5N3O4S/c1-13-4-2(8(11)12)3(9)6-5(10)7-4/h1H3,(H2,6,7,9,10). The molecule has 2 N–H and O–H groups in total. The molecule has 0 aliphatic carbocycles. The van der Waals surface area contributed by atoms with Crippen LogP contribution in [0.1, 0.15) is 0 Å². The van der Waals surface area contributed by atoms with Crippen molar-refractivity contribution in [2.45, 2.75) is 5.03 Å². The molecule has 0 atom stereocenters. The molecule has 0 amide bonds. The van der Waals surface area contributed by atoms with Crippen molar-refractivity contribution in [1.29, 1.82) is 0 Å². The molecule has 0 aliphatic rings. The van der Waals surface area contributed by atoms with E-state index in [1.807, 2.05) is 0 Å². The van der Waals surface area contributed by atoms with Gasteiger partial charge in [-0.25, -0.2) is 4.79 Å². The van der Waals surface area contributed by atoms with Crippen molar-refractivity contribution >= 4 is 17.4 Å². The molecule has 0 saturated carbocycles. The zero-order valence-corrected chi connectivity index (χ0v) is 7.30. The number of thioether (sulfide) groups is 1. The van der Waals surface area contributed by atoms with Crippen molar-refractivity contribution in [3.05, 3.63) is 31.0 Å². The first kappa shape index (κ1) is 9.52. The van der Waals surface area contributed by atoms with Crippen molar-refractivity contribution in [3.8, 4) is 0 Å². The van der Waals surface area contributed by atoms with Crippen LogP contribution in [0.2, 0.25) is 0 Å². The normalized spacial score (nSPS) is 9.92. The average Bonchev–Trinajstić information content (AvgIpc) is 2.01. The summed E-state index contributed by atoms with van der Waals surface area (Å²) < 4.78 is 0. The predicted octanol–water partition coefficient (Wildman–Crippen LogP) is -0.307. The maximum absolute atomic E-state index is 10.9. The number of hydrogen-bond donors (Lipinski definition) is 2. The van der Waals surface area contributed by atoms with Crippen LogP contribution in [0.3, 0.4) is 0 Å². The van der Waals surface area contributed by atoms with Gasteiger partial charge in [-0.05, 0) is 6.26 Å². The third-order valence-corrected chi connectivity index (χ3v) is 1.97. The highest BCUT2D eigenvalue weighted by molar-refractivity contribution is 7.98. The van der Waals surface area contributed by atoms with Gasteiger partial charge in [0.1, 0.15) is 0 Å². The number of nitro groups is 1. The van der Waals surface area contributed by atoms with E-state index in [9.17, 15) is 19.7 Å². The van der Waals surface area contributed by atoms with E-state index in [0.717, 1.165) is 11.8 Å². The summed E-state index contributed by atoms with van der Waals surface area (Å²) in [4.78, 5) is 35.1. The van der Waals surface area contributed by atoms with Crippen molar-refractivity contribution in [2.75, 3.05) is 6.26 Å². The highest BCUT2D eigenvalue weighted by atomic mass is 32.2. The molecule has 1 aromatic heterocycles. The van der Waals surface area contributed by atoms with Gasteiger partial charge in [-0.15, -0.1) is 11.8 Å². The second kappa shape index (κ2) is 3.44. The van der Waals surface area contributed by atoms with E-state index in [2.05, 4.69) is 4.98 Å². The third-order valence-electron chi connectivity index (χ3n) is 1.27. The van der Waals surface area contributed by atoms with Crippen LogP contribution in [0, 0.1) is 10.1 Å². The minimum Gasteiger partial charge on any atom is -0.296 e. The first-order chi connectivity index (χ1) is 6.06. The molecule has 0 aliphatic heterocycles. The third kappa shape index (κ3) is 1.78. The highest BCUT2D eigenvalue weighted by Gasteiger charge is 2.19. The molecule has 0 spiro atoms. The smallest absolute Gasteiger partial charge is 0.296 e. The summed E-state index contributed by atoms with van der Waals surface area (Å²) in [5.74, 6) is 0. The van der Waals surface area contributed by atoms with Gasteiger partial charge in [-0.1, -0.05) is 0 Å². The summed E-state index contributed by atoms with van der Waals surface area (Å²) in [6.07, 6.45) is 1.53. The van der Waals surface area contributed by atoms with E-state index in [-0.39, 0.29) is 5.03 Å². The first-order valence-electron chi connectivity index (χ1n) is 3.11. The maximum atomic E-state index is 10.9. The molecule has 1 heterocycles. The van der Waals surface area contributed by atoms with Crippen molar-refractivity contribution in [1.82, 2.24) is 9.97 Å². The van der Waals surface area contributed by atoms with Gasteiger partial charge in [0.2, 0.25) is 0 Å². The number of aromatic amines is 2. The first-order valence-corrected chi connectivity index (χ1v) is 4.33. The Labute approximate surface area is 75.3 Å². The van der Waals surface area contributed by atoms with Crippen LogP contribution in [-0.4, -0.2) is 21.1 Å². The van der Waals surface area contributed by atoms with Crippen molar-refractivity contribution in [2.24, 2.45) is 0 Å². The lowest BCUT2D eigenvalue weighted by Gasteiger charge is -1.95. The fourth-order valence-corrected chi connectivity index (χ4v) is 1.33. The molecule has 0 aromatic carbocycles. The highest BCUT2D eigenvalue weighted by Crippen LogP contribution is 2.18. The van der Waals surface area contributed by atoms with Gasteiger partial charge in [0, 0.05) is 0 Å². The van der Waals surface area contributed by atoms with Gasteiger partial charge >= 0.3 is 16.9 Å². The lowest BCUT2D eigenvalue weighted by Crippen LogP contribution is -2.25. The van der Waals surface area contributed by atoms with Crippen LogP contribution in [-0.2, 0) is 0 Å². The number of rotatable bonds is 2. The Hall–Kier alpha value is -1.57. The van der Waals surface area contributed by atoms with Crippen LogP contribution in [0.5, 0.6) is 0 Å². The number of nitrogens with zero attached hydrogens (tertiary/aromatic N) is 1. The minimum absolute atomic E-state index is 0.0428. The van der Waals surface area contributed by atoms with Crippen LogP contribution in [0.25, 0.3) is 0 Å². The van der Waals surface area contributed by atoms with Gasteiger partial charge < -0.3 is 0 Å². The maximum Gasteiger partial charge on any atom is 0.363 e. The van der Waals surface area contributed by atoms with E-state index in [4.69, 9.17) is 0 Å². The largest absolute Gasteiger partial charge is 0.363 e. The summed E-state index contributed by atoms with van der Waals surface area (Å²) in [5, 5.41) is 10.3. The van der Waals surface area contributed by atoms with E-state index in [1.54, 1.807) is 4.98 Å². The molecule has 0 radical (unpaired) electrons. The molecule has 1 rings (SSSR count). The molecule has 0 unspecified atom stereocenters. The molecule has 0 saturated heterocycles. The van der Waals surface area contributed by atoms with Gasteiger partial charge in [-0.2, -0.15) is 0 Å². The Morgan fingerprint density at radius 1 is 1.38 bits per heavy atom. The van der Waals surface area contributed by atoms with Gasteiger partial charge in [-0.3, -0.25) is 24.9 Å². The Bertz CT molecular complexity index is 448. The quantitative estimate of drug-likeness (QED) is 0.296. The van der Waals surface area contributed by atoms with E-state index in [0.29, 0.717) is 0 Å². The summed E-state index contributed by atoms with van der Waals surface area (Å²) >= 11 is 0.935. The van der Waals surface area contributed by atoms with Crippen LogP contribution in [0.4, 0.5) is 5.69 Å². The average molecular weight is 203 g/mol. The lowest BCUT2D eigenvalue weighted by atomic mass is 10.5. The molecule has 13 heavy (non-hydrogen) atoms. The fourth-order valence-electron chi connectivity index (χ4n) is 0.773.